The Balaban J connectivity index is 1.94. The molecule has 1 fully saturated rings. The van der Waals surface area contributed by atoms with Crippen LogP contribution in [-0.2, 0) is 0 Å². The van der Waals surface area contributed by atoms with Gasteiger partial charge in [0.1, 0.15) is 18.0 Å². The molecule has 0 spiro atoms. The second-order valence-electron chi connectivity index (χ2n) is 4.61. The molecule has 0 unspecified atom stereocenters. The van der Waals surface area contributed by atoms with E-state index in [4.69, 9.17) is 9.84 Å². The molecule has 1 aromatic carbocycles. The number of ether oxygens (including phenoxy) is 1. The van der Waals surface area contributed by atoms with Gasteiger partial charge >= 0.3 is 5.97 Å². The number of likely N-dealkylation sites (tertiary alicyclic amines) is 1. The predicted molar refractivity (Wildman–Crippen MR) is 68.9 cm³/mol. The molecular weight excluding hydrogens is 230 g/mol. The largest absolute Gasteiger partial charge is 0.478 e. The Labute approximate surface area is 107 Å². The Morgan fingerprint density at radius 1 is 1.17 bits per heavy atom. The topological polar surface area (TPSA) is 49.8 Å². The van der Waals surface area contributed by atoms with Crippen molar-refractivity contribution >= 4 is 5.97 Å². The third kappa shape index (κ3) is 3.47. The van der Waals surface area contributed by atoms with Gasteiger partial charge in [0.05, 0.1) is 0 Å². The van der Waals surface area contributed by atoms with Crippen molar-refractivity contribution in [3.8, 4) is 5.75 Å². The highest BCUT2D eigenvalue weighted by Crippen LogP contribution is 2.18. The Morgan fingerprint density at radius 2 is 1.83 bits per heavy atom. The van der Waals surface area contributed by atoms with Gasteiger partial charge in [-0.1, -0.05) is 25.0 Å². The van der Waals surface area contributed by atoms with Crippen LogP contribution in [0.1, 0.15) is 36.0 Å². The van der Waals surface area contributed by atoms with Crippen molar-refractivity contribution in [1.29, 1.82) is 0 Å². The van der Waals surface area contributed by atoms with Crippen molar-refractivity contribution < 1.29 is 14.6 Å². The van der Waals surface area contributed by atoms with E-state index in [1.807, 2.05) is 0 Å². The van der Waals surface area contributed by atoms with Gasteiger partial charge in [0.25, 0.3) is 0 Å². The van der Waals surface area contributed by atoms with Crippen LogP contribution in [0.15, 0.2) is 24.3 Å². The van der Waals surface area contributed by atoms with E-state index in [9.17, 15) is 4.79 Å². The molecule has 2 rings (SSSR count). The Morgan fingerprint density at radius 3 is 2.50 bits per heavy atom. The molecule has 1 N–H and O–H groups in total. The van der Waals surface area contributed by atoms with Crippen LogP contribution in [0, 0.1) is 0 Å². The van der Waals surface area contributed by atoms with Gasteiger partial charge in [-0.05, 0) is 25.0 Å². The molecule has 0 aromatic heterocycles. The smallest absolute Gasteiger partial charge is 0.339 e. The Kier molecular flexibility index (Phi) is 4.59. The molecular formula is C14H19NO3. The third-order valence-electron chi connectivity index (χ3n) is 3.22. The fourth-order valence-corrected chi connectivity index (χ4v) is 2.20. The number of benzene rings is 1. The lowest BCUT2D eigenvalue weighted by molar-refractivity contribution is 0.0685. The lowest BCUT2D eigenvalue weighted by Crippen LogP contribution is -2.29. The van der Waals surface area contributed by atoms with Crippen LogP contribution in [0.3, 0.4) is 0 Å². The fourth-order valence-electron chi connectivity index (χ4n) is 2.20. The van der Waals surface area contributed by atoms with Crippen molar-refractivity contribution in [2.45, 2.75) is 25.7 Å². The number of aromatic carboxylic acids is 1. The van der Waals surface area contributed by atoms with Crippen LogP contribution in [0.4, 0.5) is 0 Å². The molecule has 4 nitrogen and oxygen atoms in total. The van der Waals surface area contributed by atoms with Gasteiger partial charge in [-0.15, -0.1) is 0 Å². The number of para-hydroxylation sites is 1. The minimum absolute atomic E-state index is 0.229. The normalized spacial score (nSPS) is 17.1. The van der Waals surface area contributed by atoms with Crippen molar-refractivity contribution in [3.63, 3.8) is 0 Å². The summed E-state index contributed by atoms with van der Waals surface area (Å²) in [5.74, 6) is -0.490. The molecule has 1 saturated heterocycles. The number of hydrogen-bond donors (Lipinski definition) is 1. The predicted octanol–water partition coefficient (Wildman–Crippen LogP) is 2.60. The zero-order chi connectivity index (χ0) is 12.8. The quantitative estimate of drug-likeness (QED) is 0.891. The molecule has 98 valence electrons. The number of hydrogen-bond acceptors (Lipinski definition) is 3. The summed E-state index contributed by atoms with van der Waals surface area (Å²) in [5.41, 5.74) is 0.229. The van der Waals surface area contributed by atoms with Gasteiger partial charge in [-0.25, -0.2) is 4.79 Å². The molecule has 1 aromatic rings. The second-order valence-corrected chi connectivity index (χ2v) is 4.61. The Bertz CT molecular complexity index is 398. The van der Waals surface area contributed by atoms with Crippen molar-refractivity contribution in [1.82, 2.24) is 4.90 Å². The summed E-state index contributed by atoms with van der Waals surface area (Å²) >= 11 is 0. The highest BCUT2D eigenvalue weighted by atomic mass is 16.5. The monoisotopic (exact) mass is 249 g/mol. The van der Waals surface area contributed by atoms with Gasteiger partial charge in [0.2, 0.25) is 0 Å². The van der Waals surface area contributed by atoms with Crippen molar-refractivity contribution in [2.24, 2.45) is 0 Å². The summed E-state index contributed by atoms with van der Waals surface area (Å²) in [7, 11) is 0. The number of carboxylic acids is 1. The maximum atomic E-state index is 11.0. The van der Waals surface area contributed by atoms with Crippen LogP contribution < -0.4 is 4.74 Å². The summed E-state index contributed by atoms with van der Waals surface area (Å²) in [5, 5.41) is 9.05. The zero-order valence-corrected chi connectivity index (χ0v) is 10.5. The fraction of sp³-hybridized carbons (Fsp3) is 0.500. The lowest BCUT2D eigenvalue weighted by atomic mass is 10.2. The van der Waals surface area contributed by atoms with E-state index < -0.39 is 5.97 Å². The van der Waals surface area contributed by atoms with E-state index in [-0.39, 0.29) is 5.56 Å². The number of nitrogens with zero attached hydrogens (tertiary/aromatic N) is 1. The molecule has 0 amide bonds. The number of rotatable bonds is 4. The average molecular weight is 249 g/mol. The minimum atomic E-state index is -0.943. The van der Waals surface area contributed by atoms with E-state index in [2.05, 4.69) is 4.90 Å². The van der Waals surface area contributed by atoms with Crippen LogP contribution >= 0.6 is 0 Å². The molecule has 18 heavy (non-hydrogen) atoms. The van der Waals surface area contributed by atoms with Gasteiger partial charge in [0.15, 0.2) is 0 Å². The minimum Gasteiger partial charge on any atom is -0.478 e. The van der Waals surface area contributed by atoms with Gasteiger partial charge in [-0.2, -0.15) is 0 Å². The molecule has 0 radical (unpaired) electrons. The van der Waals surface area contributed by atoms with E-state index in [0.29, 0.717) is 12.5 Å². The molecule has 1 aliphatic rings. The highest BCUT2D eigenvalue weighted by molar-refractivity contribution is 5.90. The highest BCUT2D eigenvalue weighted by Gasteiger charge is 2.13. The van der Waals surface area contributed by atoms with Gasteiger partial charge in [0, 0.05) is 13.1 Å². The summed E-state index contributed by atoms with van der Waals surface area (Å²) in [6.45, 7) is 2.55. The molecule has 0 saturated carbocycles. The van der Waals surface area contributed by atoms with Crippen LogP contribution in [0.2, 0.25) is 0 Å². The molecule has 0 aliphatic carbocycles. The lowest BCUT2D eigenvalue weighted by Gasteiger charge is -2.20. The number of carboxylic acid groups (broad SMARTS) is 1. The van der Waals surface area contributed by atoms with E-state index >= 15 is 0 Å². The maximum absolute atomic E-state index is 11.0. The van der Waals surface area contributed by atoms with Gasteiger partial charge in [-0.3, -0.25) is 4.90 Å². The first-order chi connectivity index (χ1) is 8.77. The molecule has 4 heteroatoms. The molecule has 1 heterocycles. The van der Waals surface area contributed by atoms with Crippen molar-refractivity contribution in [2.75, 3.05) is 19.8 Å². The maximum Gasteiger partial charge on any atom is 0.339 e. The number of carbonyl (C=O) groups is 1. The SMILES string of the molecule is O=C(O)c1ccccc1OCN1CCCCCC1. The van der Waals surface area contributed by atoms with Crippen LogP contribution in [0.25, 0.3) is 0 Å². The first-order valence-electron chi connectivity index (χ1n) is 6.45. The first-order valence-corrected chi connectivity index (χ1v) is 6.45. The summed E-state index contributed by atoms with van der Waals surface area (Å²) < 4.78 is 5.64. The summed E-state index contributed by atoms with van der Waals surface area (Å²) in [6, 6.07) is 6.79. The standard InChI is InChI=1S/C14H19NO3/c16-14(17)12-7-3-4-8-13(12)18-11-15-9-5-1-2-6-10-15/h3-4,7-8H,1-2,5-6,9-11H2,(H,16,17). The molecule has 1 aliphatic heterocycles. The Hall–Kier alpha value is -1.55. The molecule has 0 bridgehead atoms. The molecule has 0 atom stereocenters. The first kappa shape index (κ1) is 12.9. The second kappa shape index (κ2) is 6.40. The van der Waals surface area contributed by atoms with Crippen LogP contribution in [-0.4, -0.2) is 35.8 Å². The third-order valence-corrected chi connectivity index (χ3v) is 3.22. The summed E-state index contributed by atoms with van der Waals surface area (Å²) in [4.78, 5) is 13.3. The van der Waals surface area contributed by atoms with E-state index in [1.54, 1.807) is 24.3 Å². The van der Waals surface area contributed by atoms with E-state index in [1.165, 1.54) is 25.7 Å². The zero-order valence-electron chi connectivity index (χ0n) is 10.5. The van der Waals surface area contributed by atoms with Crippen molar-refractivity contribution in [3.05, 3.63) is 29.8 Å². The average Bonchev–Trinajstić information content (AvgIpc) is 2.65. The summed E-state index contributed by atoms with van der Waals surface area (Å²) in [6.07, 6.45) is 4.96. The van der Waals surface area contributed by atoms with Crippen LogP contribution in [0.5, 0.6) is 5.75 Å². The van der Waals surface area contributed by atoms with Gasteiger partial charge < -0.3 is 9.84 Å². The van der Waals surface area contributed by atoms with E-state index in [0.717, 1.165) is 13.1 Å².